The van der Waals surface area contributed by atoms with Crippen LogP contribution in [0, 0.1) is 2.88 Å². The molecule has 4 nitrogen and oxygen atoms in total. The summed E-state index contributed by atoms with van der Waals surface area (Å²) in [6.07, 6.45) is 0. The van der Waals surface area contributed by atoms with Gasteiger partial charge >= 0.3 is 6.61 Å². The first kappa shape index (κ1) is 16.0. The van der Waals surface area contributed by atoms with Crippen LogP contribution in [0.25, 0.3) is 0 Å². The third-order valence-corrected chi connectivity index (χ3v) is 4.26. The Balaban J connectivity index is 2.18. The summed E-state index contributed by atoms with van der Waals surface area (Å²) in [5.41, 5.74) is 0.856. The number of methoxy groups -OCH3 is 1. The summed E-state index contributed by atoms with van der Waals surface area (Å²) >= 11 is 3.55. The molecule has 1 amide bonds. The number of carbonyl (C=O) groups is 1. The van der Waals surface area contributed by atoms with Crippen molar-refractivity contribution in [3.63, 3.8) is 0 Å². The summed E-state index contributed by atoms with van der Waals surface area (Å²) in [4.78, 5) is 12.0. The maximum atomic E-state index is 12.3. The van der Waals surface area contributed by atoms with E-state index in [1.807, 2.05) is 0 Å². The SMILES string of the molecule is COc1ccc(NC(=O)c2csc(I)c2)cc1OC(F)F. The number of benzene rings is 1. The summed E-state index contributed by atoms with van der Waals surface area (Å²) in [5, 5.41) is 4.34. The van der Waals surface area contributed by atoms with Crippen molar-refractivity contribution in [2.45, 2.75) is 6.61 Å². The molecule has 0 saturated carbocycles. The summed E-state index contributed by atoms with van der Waals surface area (Å²) in [7, 11) is 1.35. The van der Waals surface area contributed by atoms with Gasteiger partial charge in [-0.15, -0.1) is 11.3 Å². The minimum atomic E-state index is -2.97. The van der Waals surface area contributed by atoms with Crippen LogP contribution in [0.5, 0.6) is 11.5 Å². The summed E-state index contributed by atoms with van der Waals surface area (Å²) in [6.45, 7) is -2.97. The Labute approximate surface area is 137 Å². The normalized spacial score (nSPS) is 10.5. The van der Waals surface area contributed by atoms with Crippen LogP contribution in [-0.4, -0.2) is 19.6 Å². The van der Waals surface area contributed by atoms with Gasteiger partial charge in [0.15, 0.2) is 11.5 Å². The number of hydrogen-bond donors (Lipinski definition) is 1. The van der Waals surface area contributed by atoms with E-state index in [-0.39, 0.29) is 17.4 Å². The van der Waals surface area contributed by atoms with E-state index in [0.717, 1.165) is 2.88 Å². The molecule has 0 unspecified atom stereocenters. The van der Waals surface area contributed by atoms with Gasteiger partial charge in [0.25, 0.3) is 5.91 Å². The Morgan fingerprint density at radius 3 is 2.67 bits per heavy atom. The number of rotatable bonds is 5. The number of halogens is 3. The molecule has 1 aromatic heterocycles. The highest BCUT2D eigenvalue weighted by atomic mass is 127. The van der Waals surface area contributed by atoms with Gasteiger partial charge in [-0.25, -0.2) is 0 Å². The molecule has 0 spiro atoms. The van der Waals surface area contributed by atoms with Crippen LogP contribution in [0.3, 0.4) is 0 Å². The molecule has 8 heteroatoms. The molecule has 112 valence electrons. The van der Waals surface area contributed by atoms with Gasteiger partial charge in [-0.05, 0) is 40.8 Å². The lowest BCUT2D eigenvalue weighted by atomic mass is 10.2. The number of anilines is 1. The van der Waals surface area contributed by atoms with Gasteiger partial charge in [0.05, 0.1) is 15.6 Å². The molecule has 0 aliphatic heterocycles. The Morgan fingerprint density at radius 2 is 2.10 bits per heavy atom. The molecule has 1 heterocycles. The Kier molecular flexibility index (Phi) is 5.34. The lowest BCUT2D eigenvalue weighted by Crippen LogP contribution is -2.11. The first-order chi connectivity index (χ1) is 9.99. The second-order valence-electron chi connectivity index (χ2n) is 3.84. The van der Waals surface area contributed by atoms with E-state index >= 15 is 0 Å². The number of nitrogens with one attached hydrogen (secondary N) is 1. The summed E-state index contributed by atoms with van der Waals surface area (Å²) in [5.74, 6) is -0.286. The first-order valence-electron chi connectivity index (χ1n) is 5.68. The van der Waals surface area contributed by atoms with Crippen LogP contribution in [0.4, 0.5) is 14.5 Å². The molecule has 0 aliphatic carbocycles. The van der Waals surface area contributed by atoms with E-state index in [9.17, 15) is 13.6 Å². The molecule has 2 aromatic rings. The zero-order valence-corrected chi connectivity index (χ0v) is 13.7. The minimum Gasteiger partial charge on any atom is -0.493 e. The third-order valence-electron chi connectivity index (χ3n) is 2.47. The quantitative estimate of drug-likeness (QED) is 0.731. The lowest BCUT2D eigenvalue weighted by molar-refractivity contribution is -0.0511. The van der Waals surface area contributed by atoms with Crippen molar-refractivity contribution in [3.05, 3.63) is 38.1 Å². The zero-order valence-electron chi connectivity index (χ0n) is 10.7. The first-order valence-corrected chi connectivity index (χ1v) is 7.63. The maximum absolute atomic E-state index is 12.3. The molecule has 0 radical (unpaired) electrons. The van der Waals surface area contributed by atoms with Gasteiger partial charge in [0.1, 0.15) is 0 Å². The number of hydrogen-bond acceptors (Lipinski definition) is 4. The van der Waals surface area contributed by atoms with Gasteiger partial charge in [0.2, 0.25) is 0 Å². The second kappa shape index (κ2) is 7.03. The molecule has 0 atom stereocenters. The van der Waals surface area contributed by atoms with E-state index in [0.29, 0.717) is 11.3 Å². The van der Waals surface area contributed by atoms with Crippen LogP contribution in [-0.2, 0) is 0 Å². The van der Waals surface area contributed by atoms with Crippen LogP contribution in [0.1, 0.15) is 10.4 Å². The fraction of sp³-hybridized carbons (Fsp3) is 0.154. The maximum Gasteiger partial charge on any atom is 0.387 e. The van der Waals surface area contributed by atoms with E-state index in [4.69, 9.17) is 4.74 Å². The standard InChI is InChI=1S/C13H10F2INO3S/c1-19-9-3-2-8(5-10(9)20-13(14)15)17-12(18)7-4-11(16)21-6-7/h2-6,13H,1H3,(H,17,18). The molecule has 2 rings (SSSR count). The number of amides is 1. The van der Waals surface area contributed by atoms with Gasteiger partial charge < -0.3 is 14.8 Å². The number of thiophene rings is 1. The van der Waals surface area contributed by atoms with Crippen LogP contribution in [0.15, 0.2) is 29.6 Å². The Morgan fingerprint density at radius 1 is 1.33 bits per heavy atom. The van der Waals surface area contributed by atoms with Crippen molar-refractivity contribution in [2.24, 2.45) is 0 Å². The molecule has 1 N–H and O–H groups in total. The highest BCUT2D eigenvalue weighted by molar-refractivity contribution is 14.1. The average Bonchev–Trinajstić information content (AvgIpc) is 2.85. The van der Waals surface area contributed by atoms with Gasteiger partial charge in [-0.1, -0.05) is 0 Å². The third kappa shape index (κ3) is 4.27. The number of alkyl halides is 2. The minimum absolute atomic E-state index is 0.134. The van der Waals surface area contributed by atoms with Crippen molar-refractivity contribution in [2.75, 3.05) is 12.4 Å². The predicted molar refractivity (Wildman–Crippen MR) is 84.6 cm³/mol. The van der Waals surface area contributed by atoms with Crippen LogP contribution < -0.4 is 14.8 Å². The molecule has 0 fully saturated rings. The molecular formula is C13H10F2INO3S. The second-order valence-corrected chi connectivity index (χ2v) is 6.64. The largest absolute Gasteiger partial charge is 0.493 e. The Hall–Kier alpha value is -1.42. The van der Waals surface area contributed by atoms with Gasteiger partial charge in [-0.2, -0.15) is 8.78 Å². The van der Waals surface area contributed by atoms with E-state index in [2.05, 4.69) is 32.6 Å². The average molecular weight is 425 g/mol. The van der Waals surface area contributed by atoms with Gasteiger partial charge in [0, 0.05) is 17.1 Å². The van der Waals surface area contributed by atoms with Crippen LogP contribution in [0.2, 0.25) is 0 Å². The molecule has 1 aromatic carbocycles. The monoisotopic (exact) mass is 425 g/mol. The number of ether oxygens (including phenoxy) is 2. The van der Waals surface area contributed by atoms with E-state index in [1.165, 1.54) is 30.6 Å². The van der Waals surface area contributed by atoms with Crippen molar-refractivity contribution < 1.29 is 23.0 Å². The summed E-state index contributed by atoms with van der Waals surface area (Å²) in [6, 6.07) is 6.03. The topological polar surface area (TPSA) is 47.6 Å². The fourth-order valence-corrected chi connectivity index (χ4v) is 2.90. The molecule has 0 bridgehead atoms. The zero-order chi connectivity index (χ0) is 15.4. The van der Waals surface area contributed by atoms with Crippen molar-refractivity contribution in [1.29, 1.82) is 0 Å². The molecule has 21 heavy (non-hydrogen) atoms. The van der Waals surface area contributed by atoms with Crippen molar-refractivity contribution >= 4 is 45.5 Å². The molecular weight excluding hydrogens is 415 g/mol. The lowest BCUT2D eigenvalue weighted by Gasteiger charge is -2.12. The van der Waals surface area contributed by atoms with E-state index in [1.54, 1.807) is 17.5 Å². The predicted octanol–water partition coefficient (Wildman–Crippen LogP) is 4.22. The molecule has 0 saturated heterocycles. The van der Waals surface area contributed by atoms with E-state index < -0.39 is 6.61 Å². The molecule has 0 aliphatic rings. The van der Waals surface area contributed by atoms with Gasteiger partial charge in [-0.3, -0.25) is 4.79 Å². The van der Waals surface area contributed by atoms with Crippen molar-refractivity contribution in [1.82, 2.24) is 0 Å². The number of carbonyl (C=O) groups excluding carboxylic acids is 1. The van der Waals surface area contributed by atoms with Crippen molar-refractivity contribution in [3.8, 4) is 11.5 Å². The summed E-state index contributed by atoms with van der Waals surface area (Å²) < 4.78 is 34.9. The Bertz CT molecular complexity index is 648. The smallest absolute Gasteiger partial charge is 0.387 e. The fourth-order valence-electron chi connectivity index (χ4n) is 1.57. The van der Waals surface area contributed by atoms with Crippen LogP contribution >= 0.6 is 33.9 Å². The highest BCUT2D eigenvalue weighted by Crippen LogP contribution is 2.31. The highest BCUT2D eigenvalue weighted by Gasteiger charge is 2.13.